The fraction of sp³-hybridized carbons (Fsp3) is 0.278. The number of rotatable bonds is 5. The highest BCUT2D eigenvalue weighted by molar-refractivity contribution is 5.98. The Morgan fingerprint density at radius 3 is 2.13 bits per heavy atom. The second kappa shape index (κ2) is 7.05. The summed E-state index contributed by atoms with van der Waals surface area (Å²) in [5, 5.41) is 13.8. The van der Waals surface area contributed by atoms with Gasteiger partial charge in [0.2, 0.25) is 0 Å². The van der Waals surface area contributed by atoms with Gasteiger partial charge in [0.15, 0.2) is 0 Å². The topological polar surface area (TPSA) is 72.2 Å². The number of hydrogen-bond acceptors (Lipinski definition) is 3. The second-order valence-electron chi connectivity index (χ2n) is 5.79. The minimum atomic E-state index is -0.545. The number of carbonyl (C=O) groups is 1. The molecule has 0 saturated heterocycles. The molecule has 1 amide bonds. The molecule has 1 unspecified atom stereocenters. The zero-order chi connectivity index (χ0) is 17.0. The van der Waals surface area contributed by atoms with Gasteiger partial charge in [0.25, 0.3) is 11.6 Å². The van der Waals surface area contributed by atoms with Gasteiger partial charge in [-0.3, -0.25) is 14.9 Å². The molecule has 0 aliphatic carbocycles. The fourth-order valence-electron chi connectivity index (χ4n) is 2.35. The molecule has 0 saturated carbocycles. The Balaban J connectivity index is 2.15. The fourth-order valence-corrected chi connectivity index (χ4v) is 2.35. The average Bonchev–Trinajstić information content (AvgIpc) is 2.54. The Kier molecular flexibility index (Phi) is 5.11. The average molecular weight is 312 g/mol. The van der Waals surface area contributed by atoms with Crippen LogP contribution in [0.3, 0.4) is 0 Å². The van der Waals surface area contributed by atoms with Crippen LogP contribution < -0.4 is 5.32 Å². The summed E-state index contributed by atoms with van der Waals surface area (Å²) in [5.41, 5.74) is 2.07. The lowest BCUT2D eigenvalue weighted by molar-refractivity contribution is -0.385. The van der Waals surface area contributed by atoms with Crippen LogP contribution >= 0.6 is 0 Å². The molecule has 2 rings (SSSR count). The SMILES string of the molecule is CC(C)c1ccc(C(C)NC(=O)c2ccccc2[N+](=O)[O-])cc1. The van der Waals surface area contributed by atoms with Crippen molar-refractivity contribution in [2.45, 2.75) is 32.7 Å². The Labute approximate surface area is 135 Å². The van der Waals surface area contributed by atoms with E-state index in [0.717, 1.165) is 5.56 Å². The van der Waals surface area contributed by atoms with Gasteiger partial charge in [0, 0.05) is 6.07 Å². The molecule has 23 heavy (non-hydrogen) atoms. The molecule has 0 heterocycles. The van der Waals surface area contributed by atoms with Crippen molar-refractivity contribution >= 4 is 11.6 Å². The zero-order valence-corrected chi connectivity index (χ0v) is 13.4. The van der Waals surface area contributed by atoms with Gasteiger partial charge in [-0.1, -0.05) is 50.2 Å². The Morgan fingerprint density at radius 2 is 1.57 bits per heavy atom. The van der Waals surface area contributed by atoms with Gasteiger partial charge in [-0.15, -0.1) is 0 Å². The van der Waals surface area contributed by atoms with E-state index in [4.69, 9.17) is 0 Å². The first-order chi connectivity index (χ1) is 10.9. The van der Waals surface area contributed by atoms with Gasteiger partial charge >= 0.3 is 0 Å². The predicted molar refractivity (Wildman–Crippen MR) is 89.5 cm³/mol. The normalized spacial score (nSPS) is 12.0. The summed E-state index contributed by atoms with van der Waals surface area (Å²) in [6, 6.07) is 13.7. The summed E-state index contributed by atoms with van der Waals surface area (Å²) in [7, 11) is 0. The van der Waals surface area contributed by atoms with E-state index in [1.165, 1.54) is 17.7 Å². The Hall–Kier alpha value is -2.69. The van der Waals surface area contributed by atoms with E-state index in [-0.39, 0.29) is 17.3 Å². The van der Waals surface area contributed by atoms with Crippen molar-refractivity contribution in [2.24, 2.45) is 0 Å². The van der Waals surface area contributed by atoms with Crippen LogP contribution in [0.2, 0.25) is 0 Å². The van der Waals surface area contributed by atoms with Crippen molar-refractivity contribution < 1.29 is 9.72 Å². The minimum absolute atomic E-state index is 0.0724. The first kappa shape index (κ1) is 16.7. The number of nitro groups is 1. The molecule has 1 atom stereocenters. The summed E-state index contributed by atoms with van der Waals surface area (Å²) >= 11 is 0. The maximum atomic E-state index is 12.3. The molecule has 0 radical (unpaired) electrons. The van der Waals surface area contributed by atoms with Gasteiger partial charge < -0.3 is 5.32 Å². The van der Waals surface area contributed by atoms with Crippen LogP contribution in [-0.4, -0.2) is 10.8 Å². The smallest absolute Gasteiger partial charge is 0.282 e. The summed E-state index contributed by atoms with van der Waals surface area (Å²) in [6.45, 7) is 6.10. The van der Waals surface area contributed by atoms with E-state index in [1.807, 2.05) is 31.2 Å². The standard InChI is InChI=1S/C18H20N2O3/c1-12(2)14-8-10-15(11-9-14)13(3)19-18(21)16-6-4-5-7-17(16)20(22)23/h4-13H,1-3H3,(H,19,21). The maximum Gasteiger partial charge on any atom is 0.282 e. The number of nitro benzene ring substituents is 1. The molecule has 0 aliphatic heterocycles. The van der Waals surface area contributed by atoms with Gasteiger partial charge in [-0.25, -0.2) is 0 Å². The largest absolute Gasteiger partial charge is 0.345 e. The highest BCUT2D eigenvalue weighted by atomic mass is 16.6. The summed E-state index contributed by atoms with van der Waals surface area (Å²) in [6.07, 6.45) is 0. The monoisotopic (exact) mass is 312 g/mol. The lowest BCUT2D eigenvalue weighted by Crippen LogP contribution is -2.27. The number of nitrogens with one attached hydrogen (secondary N) is 1. The lowest BCUT2D eigenvalue weighted by Gasteiger charge is -2.15. The third kappa shape index (κ3) is 3.94. The number of nitrogens with zero attached hydrogens (tertiary/aromatic N) is 1. The second-order valence-corrected chi connectivity index (χ2v) is 5.79. The van der Waals surface area contributed by atoms with Crippen LogP contribution in [0.15, 0.2) is 48.5 Å². The molecule has 1 N–H and O–H groups in total. The molecule has 5 nitrogen and oxygen atoms in total. The molecule has 120 valence electrons. The Morgan fingerprint density at radius 1 is 1.00 bits per heavy atom. The van der Waals surface area contributed by atoms with Crippen molar-refractivity contribution in [3.63, 3.8) is 0 Å². The highest BCUT2D eigenvalue weighted by Crippen LogP contribution is 2.21. The molecule has 0 aliphatic rings. The summed E-state index contributed by atoms with van der Waals surface area (Å²) < 4.78 is 0. The van der Waals surface area contributed by atoms with Crippen LogP contribution in [-0.2, 0) is 0 Å². The first-order valence-corrected chi connectivity index (χ1v) is 7.54. The summed E-state index contributed by atoms with van der Waals surface area (Å²) in [4.78, 5) is 22.8. The van der Waals surface area contributed by atoms with E-state index >= 15 is 0 Å². The van der Waals surface area contributed by atoms with Gasteiger partial charge in [0.1, 0.15) is 5.56 Å². The minimum Gasteiger partial charge on any atom is -0.345 e. The molecule has 5 heteroatoms. The lowest BCUT2D eigenvalue weighted by atomic mass is 9.99. The number of benzene rings is 2. The molecular weight excluding hydrogens is 292 g/mol. The molecule has 2 aromatic rings. The zero-order valence-electron chi connectivity index (χ0n) is 13.4. The van der Waals surface area contributed by atoms with E-state index < -0.39 is 10.8 Å². The molecule has 0 aromatic heterocycles. The molecule has 0 spiro atoms. The molecule has 0 bridgehead atoms. The van der Waals surface area contributed by atoms with Crippen molar-refractivity contribution in [2.75, 3.05) is 0 Å². The number of para-hydroxylation sites is 1. The van der Waals surface area contributed by atoms with Crippen LogP contribution in [0.25, 0.3) is 0 Å². The van der Waals surface area contributed by atoms with Crippen molar-refractivity contribution in [3.8, 4) is 0 Å². The Bertz CT molecular complexity index is 708. The predicted octanol–water partition coefficient (Wildman–Crippen LogP) is 4.21. The van der Waals surface area contributed by atoms with E-state index in [2.05, 4.69) is 19.2 Å². The third-order valence-electron chi connectivity index (χ3n) is 3.80. The van der Waals surface area contributed by atoms with Crippen LogP contribution in [0, 0.1) is 10.1 Å². The van der Waals surface area contributed by atoms with Crippen molar-refractivity contribution in [1.82, 2.24) is 5.32 Å². The molecule has 0 fully saturated rings. The number of amides is 1. The summed E-state index contributed by atoms with van der Waals surface area (Å²) in [5.74, 6) is -0.00125. The van der Waals surface area contributed by atoms with E-state index in [0.29, 0.717) is 5.92 Å². The first-order valence-electron chi connectivity index (χ1n) is 7.54. The van der Waals surface area contributed by atoms with Gasteiger partial charge in [-0.05, 0) is 30.0 Å². The quantitative estimate of drug-likeness (QED) is 0.664. The highest BCUT2D eigenvalue weighted by Gasteiger charge is 2.20. The molecular formula is C18H20N2O3. The van der Waals surface area contributed by atoms with E-state index in [1.54, 1.807) is 12.1 Å². The third-order valence-corrected chi connectivity index (χ3v) is 3.80. The van der Waals surface area contributed by atoms with Crippen molar-refractivity contribution in [3.05, 3.63) is 75.3 Å². The van der Waals surface area contributed by atoms with Crippen LogP contribution in [0.5, 0.6) is 0 Å². The number of hydrogen-bond donors (Lipinski definition) is 1. The van der Waals surface area contributed by atoms with Crippen LogP contribution in [0.1, 0.15) is 54.2 Å². The van der Waals surface area contributed by atoms with Gasteiger partial charge in [-0.2, -0.15) is 0 Å². The van der Waals surface area contributed by atoms with Crippen molar-refractivity contribution in [1.29, 1.82) is 0 Å². The molecule has 2 aromatic carbocycles. The maximum absolute atomic E-state index is 12.3. The van der Waals surface area contributed by atoms with Crippen LogP contribution in [0.4, 0.5) is 5.69 Å². The number of carbonyl (C=O) groups excluding carboxylic acids is 1. The van der Waals surface area contributed by atoms with E-state index in [9.17, 15) is 14.9 Å². The van der Waals surface area contributed by atoms with Gasteiger partial charge in [0.05, 0.1) is 11.0 Å².